The highest BCUT2D eigenvalue weighted by Gasteiger charge is 2.16. The van der Waals surface area contributed by atoms with Crippen LogP contribution in [0.1, 0.15) is 19.3 Å². The van der Waals surface area contributed by atoms with E-state index in [2.05, 4.69) is 0 Å². The van der Waals surface area contributed by atoms with E-state index in [0.29, 0.717) is 6.61 Å². The molecule has 1 saturated heterocycles. The van der Waals surface area contributed by atoms with Crippen LogP contribution in [0.5, 0.6) is 0 Å². The zero-order valence-corrected chi connectivity index (χ0v) is 8.15. The second kappa shape index (κ2) is 5.95. The Kier molecular flexibility index (Phi) is 4.86. The molecule has 2 unspecified atom stereocenters. The van der Waals surface area contributed by atoms with Crippen LogP contribution in [0, 0.1) is 0 Å². The molecule has 0 saturated carbocycles. The maximum atomic E-state index is 10.3. The maximum absolute atomic E-state index is 10.3. The minimum absolute atomic E-state index is 0.0508. The van der Waals surface area contributed by atoms with Gasteiger partial charge in [0.1, 0.15) is 6.04 Å². The Hall–Kier alpha value is -0.650. The van der Waals surface area contributed by atoms with Gasteiger partial charge in [0.2, 0.25) is 0 Å². The molecule has 1 fully saturated rings. The summed E-state index contributed by atoms with van der Waals surface area (Å²) in [5, 5.41) is 8.48. The molecule has 1 aliphatic heterocycles. The fraction of sp³-hybridized carbons (Fsp3) is 0.889. The summed E-state index contributed by atoms with van der Waals surface area (Å²) in [6.45, 7) is 1.27. The molecule has 1 heterocycles. The number of hydrogen-bond donors (Lipinski definition) is 2. The molecule has 0 aromatic rings. The molecule has 2 atom stereocenters. The van der Waals surface area contributed by atoms with Gasteiger partial charge in [-0.3, -0.25) is 4.79 Å². The van der Waals surface area contributed by atoms with E-state index in [1.165, 1.54) is 0 Å². The van der Waals surface area contributed by atoms with Crippen LogP contribution < -0.4 is 5.73 Å². The van der Waals surface area contributed by atoms with Crippen LogP contribution in [-0.2, 0) is 14.3 Å². The van der Waals surface area contributed by atoms with E-state index in [1.807, 2.05) is 0 Å². The molecule has 5 heteroatoms. The van der Waals surface area contributed by atoms with Gasteiger partial charge in [-0.1, -0.05) is 0 Å². The molecule has 0 spiro atoms. The summed E-state index contributed by atoms with van der Waals surface area (Å²) >= 11 is 0. The van der Waals surface area contributed by atoms with Gasteiger partial charge < -0.3 is 20.3 Å². The molecule has 82 valence electrons. The molecule has 1 aliphatic rings. The van der Waals surface area contributed by atoms with Crippen LogP contribution in [0.25, 0.3) is 0 Å². The fourth-order valence-electron chi connectivity index (χ4n) is 1.34. The third-order valence-electron chi connectivity index (χ3n) is 2.19. The molecule has 5 nitrogen and oxygen atoms in total. The van der Waals surface area contributed by atoms with Crippen molar-refractivity contribution in [1.29, 1.82) is 0 Å². The lowest BCUT2D eigenvalue weighted by atomic mass is 10.1. The third kappa shape index (κ3) is 4.04. The van der Waals surface area contributed by atoms with E-state index in [0.717, 1.165) is 25.9 Å². The number of carboxylic acids is 1. The molecule has 3 N–H and O–H groups in total. The molecule has 0 aliphatic carbocycles. The van der Waals surface area contributed by atoms with E-state index in [-0.39, 0.29) is 12.7 Å². The first-order valence-corrected chi connectivity index (χ1v) is 4.88. The van der Waals surface area contributed by atoms with Gasteiger partial charge in [0.15, 0.2) is 0 Å². The van der Waals surface area contributed by atoms with Crippen molar-refractivity contribution in [2.45, 2.75) is 31.4 Å². The Labute approximate surface area is 83.2 Å². The highest BCUT2D eigenvalue weighted by molar-refractivity contribution is 5.73. The molecule has 0 aromatic carbocycles. The van der Waals surface area contributed by atoms with E-state index in [9.17, 15) is 4.79 Å². The Morgan fingerprint density at radius 2 is 2.43 bits per heavy atom. The van der Waals surface area contributed by atoms with Crippen LogP contribution in [-0.4, -0.2) is 43.0 Å². The van der Waals surface area contributed by atoms with Crippen LogP contribution in [0.4, 0.5) is 0 Å². The minimum Gasteiger partial charge on any atom is -0.480 e. The predicted octanol–water partition coefficient (Wildman–Crippen LogP) is -0.0160. The van der Waals surface area contributed by atoms with Gasteiger partial charge in [-0.25, -0.2) is 0 Å². The van der Waals surface area contributed by atoms with E-state index < -0.39 is 12.0 Å². The lowest BCUT2D eigenvalue weighted by Gasteiger charge is -2.22. The Morgan fingerprint density at radius 3 is 3.00 bits per heavy atom. The fourth-order valence-corrected chi connectivity index (χ4v) is 1.34. The van der Waals surface area contributed by atoms with Crippen molar-refractivity contribution >= 4 is 5.97 Å². The molecule has 1 rings (SSSR count). The van der Waals surface area contributed by atoms with E-state index in [4.69, 9.17) is 20.3 Å². The van der Waals surface area contributed by atoms with Crippen molar-refractivity contribution in [3.8, 4) is 0 Å². The summed E-state index contributed by atoms with van der Waals surface area (Å²) < 4.78 is 10.6. The first-order chi connectivity index (χ1) is 6.70. The number of nitrogens with two attached hydrogens (primary N) is 1. The molecule has 0 bridgehead atoms. The second-order valence-electron chi connectivity index (χ2n) is 3.47. The van der Waals surface area contributed by atoms with E-state index in [1.54, 1.807) is 0 Å². The van der Waals surface area contributed by atoms with Crippen molar-refractivity contribution in [3.63, 3.8) is 0 Å². The lowest BCUT2D eigenvalue weighted by molar-refractivity contribution is -0.140. The van der Waals surface area contributed by atoms with Crippen molar-refractivity contribution < 1.29 is 19.4 Å². The number of carbonyl (C=O) groups is 1. The van der Waals surface area contributed by atoms with E-state index >= 15 is 0 Å². The number of rotatable bonds is 5. The summed E-state index contributed by atoms with van der Waals surface area (Å²) in [6, 6.07) is -0.932. The minimum atomic E-state index is -1.03. The average Bonchev–Trinajstić information content (AvgIpc) is 2.19. The summed E-state index contributed by atoms with van der Waals surface area (Å²) in [7, 11) is 0. The summed E-state index contributed by atoms with van der Waals surface area (Å²) in [5.74, 6) is -1.03. The monoisotopic (exact) mass is 203 g/mol. The van der Waals surface area contributed by atoms with Crippen molar-refractivity contribution in [1.82, 2.24) is 0 Å². The molecule has 0 aromatic heterocycles. The molecule has 0 radical (unpaired) electrons. The first kappa shape index (κ1) is 11.4. The topological polar surface area (TPSA) is 81.8 Å². The Morgan fingerprint density at radius 1 is 1.64 bits per heavy atom. The van der Waals surface area contributed by atoms with Crippen molar-refractivity contribution in [2.24, 2.45) is 5.73 Å². The highest BCUT2D eigenvalue weighted by Crippen LogP contribution is 2.12. The maximum Gasteiger partial charge on any atom is 0.322 e. The third-order valence-corrected chi connectivity index (χ3v) is 2.19. The normalized spacial score (nSPS) is 24.5. The predicted molar refractivity (Wildman–Crippen MR) is 50.0 cm³/mol. The summed E-state index contributed by atoms with van der Waals surface area (Å²) in [6.07, 6.45) is 3.36. The Balaban J connectivity index is 2.05. The average molecular weight is 203 g/mol. The smallest absolute Gasteiger partial charge is 0.322 e. The van der Waals surface area contributed by atoms with Gasteiger partial charge >= 0.3 is 5.97 Å². The van der Waals surface area contributed by atoms with Crippen molar-refractivity contribution in [2.75, 3.05) is 19.8 Å². The van der Waals surface area contributed by atoms with Gasteiger partial charge in [-0.2, -0.15) is 0 Å². The first-order valence-electron chi connectivity index (χ1n) is 4.88. The molecular weight excluding hydrogens is 186 g/mol. The zero-order chi connectivity index (χ0) is 10.4. The van der Waals surface area contributed by atoms with Crippen LogP contribution >= 0.6 is 0 Å². The molecule has 0 amide bonds. The number of aliphatic carboxylic acids is 1. The van der Waals surface area contributed by atoms with Gasteiger partial charge in [0.25, 0.3) is 0 Å². The van der Waals surface area contributed by atoms with Crippen molar-refractivity contribution in [3.05, 3.63) is 0 Å². The number of hydrogen-bond acceptors (Lipinski definition) is 4. The Bertz CT molecular complexity index is 180. The summed E-state index contributed by atoms with van der Waals surface area (Å²) in [4.78, 5) is 10.3. The highest BCUT2D eigenvalue weighted by atomic mass is 16.5. The largest absolute Gasteiger partial charge is 0.480 e. The lowest BCUT2D eigenvalue weighted by Crippen LogP contribution is -2.36. The summed E-state index contributed by atoms with van der Waals surface area (Å²) in [5.41, 5.74) is 5.27. The van der Waals surface area contributed by atoms with Gasteiger partial charge in [-0.05, 0) is 19.3 Å². The van der Waals surface area contributed by atoms with Crippen LogP contribution in [0.3, 0.4) is 0 Å². The SMILES string of the molecule is NC(COCC1CCCCO1)C(=O)O. The van der Waals surface area contributed by atoms with Crippen LogP contribution in [0.2, 0.25) is 0 Å². The second-order valence-corrected chi connectivity index (χ2v) is 3.47. The zero-order valence-electron chi connectivity index (χ0n) is 8.15. The number of carboxylic acid groups (broad SMARTS) is 1. The molecule has 14 heavy (non-hydrogen) atoms. The van der Waals surface area contributed by atoms with Gasteiger partial charge in [-0.15, -0.1) is 0 Å². The molecular formula is C9H17NO4. The number of ether oxygens (including phenoxy) is 2. The van der Waals surface area contributed by atoms with Crippen LogP contribution in [0.15, 0.2) is 0 Å². The quantitative estimate of drug-likeness (QED) is 0.656. The standard InChI is InChI=1S/C9H17NO4/c10-8(9(11)12)6-13-5-7-3-1-2-4-14-7/h7-8H,1-6,10H2,(H,11,12). The van der Waals surface area contributed by atoms with Gasteiger partial charge in [0.05, 0.1) is 19.3 Å². The van der Waals surface area contributed by atoms with Gasteiger partial charge in [0, 0.05) is 6.61 Å².